The Balaban J connectivity index is 1.01. The van der Waals surface area contributed by atoms with Crippen LogP contribution in [0.3, 0.4) is 0 Å². The molecule has 9 aromatic carbocycles. The molecule has 3 aromatic heterocycles. The third kappa shape index (κ3) is 6.59. The molecule has 5 nitrogen and oxygen atoms in total. The lowest BCUT2D eigenvalue weighted by Crippen LogP contribution is -2.13. The summed E-state index contributed by atoms with van der Waals surface area (Å²) in [5, 5.41) is 10.0. The van der Waals surface area contributed by atoms with Gasteiger partial charge in [0.25, 0.3) is 0 Å². The van der Waals surface area contributed by atoms with Gasteiger partial charge in [0.2, 0.25) is 0 Å². The van der Waals surface area contributed by atoms with Crippen LogP contribution in [0.15, 0.2) is 189 Å². The molecular weight excluding hydrogens is 845 g/mol. The van der Waals surface area contributed by atoms with Crippen molar-refractivity contribution in [3.8, 4) is 0 Å². The highest BCUT2D eigenvalue weighted by Gasteiger charge is 2.26. The molecule has 0 amide bonds. The fraction of sp³-hybridized carbons (Fsp3) is 0.156. The van der Waals surface area contributed by atoms with Crippen molar-refractivity contribution in [1.29, 1.82) is 0 Å². The number of benzene rings is 9. The first-order valence-corrected chi connectivity index (χ1v) is 24.2. The molecule has 0 bridgehead atoms. The molecular formula is C64H52N2O3. The Hall–Kier alpha value is -8.02. The Kier molecular flexibility index (Phi) is 9.10. The smallest absolute Gasteiger partial charge is 0.159 e. The third-order valence-electron chi connectivity index (χ3n) is 14.4. The van der Waals surface area contributed by atoms with Gasteiger partial charge in [0.05, 0.1) is 17.1 Å². The largest absolute Gasteiger partial charge is 0.458 e. The molecule has 0 radical (unpaired) electrons. The summed E-state index contributed by atoms with van der Waals surface area (Å²) in [6.45, 7) is 13.6. The SMILES string of the molecule is CC(C)(C)c1ccc(N(c2ccc3c(c2)c2ccccc2c2c4ccc(N(c5ccc(C(C)(C)C)cc5)c5cccc6c5oc5ccccc56)cc4oc32)c2cccc3c4c(oc23)CCC=C4)cc1. The minimum absolute atomic E-state index is 0.0162. The summed E-state index contributed by atoms with van der Waals surface area (Å²) in [6.07, 6.45) is 6.37. The first kappa shape index (κ1) is 41.2. The number of nitrogens with zero attached hydrogens (tertiary/aromatic N) is 2. The van der Waals surface area contributed by atoms with E-state index in [0.717, 1.165) is 124 Å². The van der Waals surface area contributed by atoms with E-state index in [1.807, 2.05) is 12.1 Å². The van der Waals surface area contributed by atoms with E-state index in [1.54, 1.807) is 0 Å². The molecule has 0 saturated heterocycles. The molecule has 13 rings (SSSR count). The summed E-state index contributed by atoms with van der Waals surface area (Å²) in [7, 11) is 0. The Labute approximate surface area is 401 Å². The summed E-state index contributed by atoms with van der Waals surface area (Å²) in [6, 6.07) is 61.5. The molecule has 5 heteroatoms. The second-order valence-corrected chi connectivity index (χ2v) is 20.8. The van der Waals surface area contributed by atoms with Gasteiger partial charge in [-0.2, -0.15) is 0 Å². The quantitative estimate of drug-likeness (QED) is 0.156. The van der Waals surface area contributed by atoms with Crippen molar-refractivity contribution in [1.82, 2.24) is 0 Å². The molecule has 3 heterocycles. The highest BCUT2D eigenvalue weighted by atomic mass is 16.3. The normalized spacial score (nSPS) is 13.2. The molecule has 0 aliphatic heterocycles. The predicted octanol–water partition coefficient (Wildman–Crippen LogP) is 19.0. The molecule has 0 spiro atoms. The summed E-state index contributed by atoms with van der Waals surface area (Å²) in [5.74, 6) is 1.05. The summed E-state index contributed by atoms with van der Waals surface area (Å²) >= 11 is 0. The Bertz CT molecular complexity index is 4040. The van der Waals surface area contributed by atoms with Crippen LogP contribution < -0.4 is 9.80 Å². The van der Waals surface area contributed by atoms with E-state index < -0.39 is 0 Å². The highest BCUT2D eigenvalue weighted by molar-refractivity contribution is 6.30. The van der Waals surface area contributed by atoms with Crippen LogP contribution in [0.5, 0.6) is 0 Å². The molecule has 1 aliphatic rings. The number of anilines is 6. The highest BCUT2D eigenvalue weighted by Crippen LogP contribution is 2.49. The van der Waals surface area contributed by atoms with Gasteiger partial charge >= 0.3 is 0 Å². The van der Waals surface area contributed by atoms with Gasteiger partial charge in [0.15, 0.2) is 11.2 Å². The summed E-state index contributed by atoms with van der Waals surface area (Å²) in [4.78, 5) is 4.67. The van der Waals surface area contributed by atoms with Crippen LogP contribution in [0.25, 0.3) is 82.5 Å². The Morgan fingerprint density at radius 3 is 1.58 bits per heavy atom. The number of furan rings is 3. The van der Waals surface area contributed by atoms with Gasteiger partial charge < -0.3 is 23.1 Å². The number of hydrogen-bond donors (Lipinski definition) is 0. The van der Waals surface area contributed by atoms with Crippen molar-refractivity contribution in [3.63, 3.8) is 0 Å². The van der Waals surface area contributed by atoms with Crippen molar-refractivity contribution in [2.75, 3.05) is 9.80 Å². The first-order chi connectivity index (χ1) is 33.5. The lowest BCUT2D eigenvalue weighted by atomic mass is 9.87. The predicted molar refractivity (Wildman–Crippen MR) is 290 cm³/mol. The number of allylic oxidation sites excluding steroid dienone is 1. The molecule has 69 heavy (non-hydrogen) atoms. The van der Waals surface area contributed by atoms with Crippen LogP contribution in [0.2, 0.25) is 0 Å². The fourth-order valence-electron chi connectivity index (χ4n) is 10.8. The average molecular weight is 897 g/mol. The minimum atomic E-state index is 0.0162. The Morgan fingerprint density at radius 2 is 0.913 bits per heavy atom. The lowest BCUT2D eigenvalue weighted by molar-refractivity contribution is 0.546. The number of hydrogen-bond acceptors (Lipinski definition) is 5. The van der Waals surface area contributed by atoms with Crippen molar-refractivity contribution in [2.24, 2.45) is 0 Å². The van der Waals surface area contributed by atoms with E-state index in [2.05, 4.69) is 221 Å². The first-order valence-electron chi connectivity index (χ1n) is 24.2. The van der Waals surface area contributed by atoms with Crippen molar-refractivity contribution in [3.05, 3.63) is 198 Å². The van der Waals surface area contributed by atoms with Gasteiger partial charge in [-0.3, -0.25) is 0 Å². The van der Waals surface area contributed by atoms with Crippen LogP contribution >= 0.6 is 0 Å². The number of rotatable bonds is 6. The van der Waals surface area contributed by atoms with Crippen molar-refractivity contribution >= 4 is 117 Å². The maximum atomic E-state index is 7.17. The lowest BCUT2D eigenvalue weighted by Gasteiger charge is -2.27. The van der Waals surface area contributed by atoms with E-state index in [9.17, 15) is 0 Å². The van der Waals surface area contributed by atoms with Gasteiger partial charge in [-0.1, -0.05) is 145 Å². The number of fused-ring (bicyclic) bond motifs is 14. The van der Waals surface area contributed by atoms with Crippen LogP contribution in [-0.4, -0.2) is 0 Å². The summed E-state index contributed by atoms with van der Waals surface area (Å²) in [5.41, 5.74) is 14.2. The second-order valence-electron chi connectivity index (χ2n) is 20.8. The van der Waals surface area contributed by atoms with Gasteiger partial charge in [0, 0.05) is 67.4 Å². The second kappa shape index (κ2) is 15.2. The van der Waals surface area contributed by atoms with Crippen LogP contribution in [0.1, 0.15) is 70.4 Å². The molecule has 0 atom stereocenters. The van der Waals surface area contributed by atoms with E-state index in [0.29, 0.717) is 0 Å². The number of aryl methyl sites for hydroxylation is 1. The van der Waals surface area contributed by atoms with Crippen molar-refractivity contribution in [2.45, 2.75) is 65.2 Å². The Morgan fingerprint density at radius 1 is 0.391 bits per heavy atom. The fourth-order valence-corrected chi connectivity index (χ4v) is 10.8. The molecule has 336 valence electrons. The van der Waals surface area contributed by atoms with E-state index >= 15 is 0 Å². The molecule has 1 aliphatic carbocycles. The zero-order valence-electron chi connectivity index (χ0n) is 39.9. The van der Waals surface area contributed by atoms with Gasteiger partial charge in [-0.15, -0.1) is 0 Å². The average Bonchev–Trinajstić information content (AvgIpc) is 4.07. The van der Waals surface area contributed by atoms with Gasteiger partial charge in [-0.25, -0.2) is 0 Å². The van der Waals surface area contributed by atoms with E-state index in [-0.39, 0.29) is 10.8 Å². The van der Waals surface area contributed by atoms with E-state index in [1.165, 1.54) is 22.1 Å². The summed E-state index contributed by atoms with van der Waals surface area (Å²) < 4.78 is 20.6. The topological polar surface area (TPSA) is 45.9 Å². The molecule has 0 unspecified atom stereocenters. The van der Waals surface area contributed by atoms with Gasteiger partial charge in [-0.05, 0) is 117 Å². The maximum Gasteiger partial charge on any atom is 0.159 e. The standard InChI is InChI=1S/C64H52N2O3/c1-63(2,3)39-25-29-41(30-26-39)65(54-21-13-19-49-46-16-9-11-23-56(46)67-60(49)54)43-33-35-51-53(37-43)45-15-7-8-18-48(45)59-52-36-34-44(38-58(52)69-62(51)59)66(42-31-27-40(28-32-42)64(4,5)6)55-22-14-20-50-47-17-10-12-24-57(47)68-61(50)55/h7-10,12-22,24-38H,11,23H2,1-6H3. The van der Waals surface area contributed by atoms with Gasteiger partial charge in [0.1, 0.15) is 22.5 Å². The zero-order valence-corrected chi connectivity index (χ0v) is 39.9. The van der Waals surface area contributed by atoms with Crippen LogP contribution in [0, 0.1) is 0 Å². The van der Waals surface area contributed by atoms with Crippen molar-refractivity contribution < 1.29 is 13.3 Å². The molecule has 0 fully saturated rings. The third-order valence-corrected chi connectivity index (χ3v) is 14.4. The van der Waals surface area contributed by atoms with Crippen LogP contribution in [0.4, 0.5) is 34.1 Å². The monoisotopic (exact) mass is 896 g/mol. The molecule has 0 N–H and O–H groups in total. The molecule has 0 saturated carbocycles. The number of para-hydroxylation sites is 3. The van der Waals surface area contributed by atoms with E-state index in [4.69, 9.17) is 13.3 Å². The zero-order chi connectivity index (χ0) is 46.8. The van der Waals surface area contributed by atoms with Crippen LogP contribution in [-0.2, 0) is 17.3 Å². The molecule has 12 aromatic rings. The minimum Gasteiger partial charge on any atom is -0.458 e. The maximum absolute atomic E-state index is 7.17.